The van der Waals surface area contributed by atoms with Crippen molar-refractivity contribution in [2.45, 2.75) is 10.9 Å². The number of alkyl halides is 4. The van der Waals surface area contributed by atoms with Gasteiger partial charge in [-0.2, -0.15) is 8.78 Å². The fourth-order valence-corrected chi connectivity index (χ4v) is 1.05. The molecule has 0 aliphatic carbocycles. The predicted molar refractivity (Wildman–Crippen MR) is 62.6 cm³/mol. The highest BCUT2D eigenvalue weighted by Gasteiger charge is 2.40. The van der Waals surface area contributed by atoms with Crippen LogP contribution in [0.1, 0.15) is 0 Å². The number of rotatable bonds is 4. The number of nitrogens with one attached hydrogen (secondary N) is 1. The molecule has 0 radical (unpaired) electrons. The number of amides is 1. The largest absolute Gasteiger partial charge is 0.430 e. The summed E-state index contributed by atoms with van der Waals surface area (Å²) >= 11 is 10.1. The van der Waals surface area contributed by atoms with Crippen LogP contribution in [0, 0.1) is 0 Å². The van der Waals surface area contributed by atoms with Crippen LogP contribution in [-0.2, 0) is 0 Å². The SMILES string of the molecule is CNC(=O)Oc1cccc(OC(F)(F)C(Cl)Cl)c1. The van der Waals surface area contributed by atoms with Gasteiger partial charge >= 0.3 is 12.2 Å². The van der Waals surface area contributed by atoms with Crippen LogP contribution in [-0.4, -0.2) is 24.1 Å². The average molecular weight is 300 g/mol. The van der Waals surface area contributed by atoms with Gasteiger partial charge in [-0.15, -0.1) is 0 Å². The lowest BCUT2D eigenvalue weighted by Crippen LogP contribution is -2.32. The van der Waals surface area contributed by atoms with Crippen molar-refractivity contribution in [2.24, 2.45) is 0 Å². The molecule has 1 aromatic carbocycles. The second-order valence-corrected chi connectivity index (χ2v) is 4.18. The van der Waals surface area contributed by atoms with Crippen LogP contribution in [0.2, 0.25) is 0 Å². The van der Waals surface area contributed by atoms with Gasteiger partial charge in [0.05, 0.1) is 0 Å². The summed E-state index contributed by atoms with van der Waals surface area (Å²) in [4.78, 5) is 8.91. The summed E-state index contributed by atoms with van der Waals surface area (Å²) in [5.74, 6) is -0.184. The molecular formula is C10H9Cl2F2NO3. The second kappa shape index (κ2) is 6.06. The molecule has 18 heavy (non-hydrogen) atoms. The highest BCUT2D eigenvalue weighted by Crippen LogP contribution is 2.31. The molecule has 4 nitrogen and oxygen atoms in total. The molecule has 0 heterocycles. The lowest BCUT2D eigenvalue weighted by atomic mass is 10.3. The maximum Gasteiger partial charge on any atom is 0.428 e. The number of benzene rings is 1. The first-order valence-corrected chi connectivity index (χ1v) is 5.57. The Kier molecular flexibility index (Phi) is 4.98. The molecule has 0 aliphatic heterocycles. The summed E-state index contributed by atoms with van der Waals surface area (Å²) in [5, 5.41) is 2.21. The Bertz CT molecular complexity index is 429. The van der Waals surface area contributed by atoms with E-state index < -0.39 is 17.0 Å². The Hall–Kier alpha value is -1.27. The molecule has 0 saturated heterocycles. The van der Waals surface area contributed by atoms with Crippen molar-refractivity contribution in [3.63, 3.8) is 0 Å². The number of carbonyl (C=O) groups is 1. The summed E-state index contributed by atoms with van der Waals surface area (Å²) in [6.45, 7) is 0. The molecule has 0 bridgehead atoms. The van der Waals surface area contributed by atoms with E-state index in [-0.39, 0.29) is 11.5 Å². The fourth-order valence-electron chi connectivity index (χ4n) is 0.961. The standard InChI is InChI=1S/C10H9Cl2F2NO3/c1-15-9(16)17-6-3-2-4-7(5-6)18-10(13,14)8(11)12/h2-5,8H,1H3,(H,15,16). The van der Waals surface area contributed by atoms with Gasteiger partial charge in [-0.05, 0) is 12.1 Å². The van der Waals surface area contributed by atoms with Gasteiger partial charge < -0.3 is 14.8 Å². The molecule has 1 N–H and O–H groups in total. The third-order valence-corrected chi connectivity index (χ3v) is 2.24. The first kappa shape index (κ1) is 14.8. The molecule has 100 valence electrons. The molecule has 0 spiro atoms. The number of hydrogen-bond donors (Lipinski definition) is 1. The monoisotopic (exact) mass is 299 g/mol. The third-order valence-electron chi connectivity index (χ3n) is 1.73. The Morgan fingerprint density at radius 2 is 2.00 bits per heavy atom. The van der Waals surface area contributed by atoms with E-state index in [4.69, 9.17) is 27.9 Å². The van der Waals surface area contributed by atoms with Crippen LogP contribution in [0.3, 0.4) is 0 Å². The van der Waals surface area contributed by atoms with Gasteiger partial charge in [0.2, 0.25) is 4.84 Å². The van der Waals surface area contributed by atoms with Gasteiger partial charge in [0.15, 0.2) is 0 Å². The molecule has 0 saturated carbocycles. The minimum atomic E-state index is -3.74. The second-order valence-electron chi connectivity index (χ2n) is 3.08. The van der Waals surface area contributed by atoms with Gasteiger partial charge in [0, 0.05) is 13.1 Å². The van der Waals surface area contributed by atoms with Crippen molar-refractivity contribution in [3.05, 3.63) is 24.3 Å². The summed E-state index contributed by atoms with van der Waals surface area (Å²) in [7, 11) is 1.36. The molecular weight excluding hydrogens is 291 g/mol. The van der Waals surface area contributed by atoms with Crippen molar-refractivity contribution in [1.82, 2.24) is 5.32 Å². The van der Waals surface area contributed by atoms with Gasteiger partial charge in [-0.1, -0.05) is 29.3 Å². The molecule has 0 fully saturated rings. The van der Waals surface area contributed by atoms with Crippen molar-refractivity contribution < 1.29 is 23.0 Å². The number of hydrogen-bond acceptors (Lipinski definition) is 3. The molecule has 0 aromatic heterocycles. The normalized spacial score (nSPS) is 11.2. The first-order valence-electron chi connectivity index (χ1n) is 4.70. The van der Waals surface area contributed by atoms with Crippen LogP contribution in [0.25, 0.3) is 0 Å². The highest BCUT2D eigenvalue weighted by molar-refractivity contribution is 6.44. The fraction of sp³-hybridized carbons (Fsp3) is 0.300. The molecule has 1 amide bonds. The van der Waals surface area contributed by atoms with Crippen LogP contribution >= 0.6 is 23.2 Å². The Morgan fingerprint density at radius 3 is 2.56 bits per heavy atom. The van der Waals surface area contributed by atoms with E-state index in [2.05, 4.69) is 10.1 Å². The van der Waals surface area contributed by atoms with Gasteiger partial charge in [-0.25, -0.2) is 4.79 Å². The summed E-state index contributed by atoms with van der Waals surface area (Å²) in [6.07, 6.45) is -4.47. The van der Waals surface area contributed by atoms with Crippen LogP contribution in [0.4, 0.5) is 13.6 Å². The maximum atomic E-state index is 13.1. The zero-order valence-corrected chi connectivity index (χ0v) is 10.6. The minimum Gasteiger partial charge on any atom is -0.430 e. The zero-order valence-electron chi connectivity index (χ0n) is 9.12. The van der Waals surface area contributed by atoms with Crippen LogP contribution < -0.4 is 14.8 Å². The van der Waals surface area contributed by atoms with Crippen molar-refractivity contribution in [1.29, 1.82) is 0 Å². The van der Waals surface area contributed by atoms with Crippen molar-refractivity contribution >= 4 is 29.3 Å². The quantitative estimate of drug-likeness (QED) is 0.869. The first-order chi connectivity index (χ1) is 8.35. The Balaban J connectivity index is 2.79. The summed E-state index contributed by atoms with van der Waals surface area (Å²) in [5.41, 5.74) is 0. The summed E-state index contributed by atoms with van der Waals surface area (Å²) < 4.78 is 35.2. The molecule has 8 heteroatoms. The lowest BCUT2D eigenvalue weighted by molar-refractivity contribution is -0.163. The maximum absolute atomic E-state index is 13.1. The molecule has 0 aliphatic rings. The number of halogens is 4. The van der Waals surface area contributed by atoms with E-state index >= 15 is 0 Å². The highest BCUT2D eigenvalue weighted by atomic mass is 35.5. The van der Waals surface area contributed by atoms with Crippen molar-refractivity contribution in [3.8, 4) is 11.5 Å². The lowest BCUT2D eigenvalue weighted by Gasteiger charge is -2.18. The molecule has 1 aromatic rings. The van der Waals surface area contributed by atoms with E-state index in [1.807, 2.05) is 0 Å². The zero-order chi connectivity index (χ0) is 13.8. The Morgan fingerprint density at radius 1 is 1.39 bits per heavy atom. The summed E-state index contributed by atoms with van der Waals surface area (Å²) in [6, 6.07) is 5.14. The Labute approximate surface area is 112 Å². The van der Waals surface area contributed by atoms with Gasteiger partial charge in [0.1, 0.15) is 11.5 Å². The predicted octanol–water partition coefficient (Wildman–Crippen LogP) is 3.18. The molecule has 0 atom stereocenters. The van der Waals surface area contributed by atoms with Crippen LogP contribution in [0.15, 0.2) is 24.3 Å². The van der Waals surface area contributed by atoms with Gasteiger partial charge in [-0.3, -0.25) is 0 Å². The van der Waals surface area contributed by atoms with E-state index in [0.29, 0.717) is 0 Å². The van der Waals surface area contributed by atoms with Crippen molar-refractivity contribution in [2.75, 3.05) is 7.05 Å². The molecule has 0 unspecified atom stereocenters. The van der Waals surface area contributed by atoms with Crippen LogP contribution in [0.5, 0.6) is 11.5 Å². The smallest absolute Gasteiger partial charge is 0.428 e. The average Bonchev–Trinajstić information content (AvgIpc) is 2.28. The van der Waals surface area contributed by atoms with E-state index in [9.17, 15) is 13.6 Å². The van der Waals surface area contributed by atoms with E-state index in [1.54, 1.807) is 0 Å². The van der Waals surface area contributed by atoms with E-state index in [0.717, 1.165) is 6.07 Å². The third kappa shape index (κ3) is 4.19. The number of ether oxygens (including phenoxy) is 2. The van der Waals surface area contributed by atoms with E-state index in [1.165, 1.54) is 25.2 Å². The topological polar surface area (TPSA) is 47.6 Å². The number of carbonyl (C=O) groups excluding carboxylic acids is 1. The molecule has 1 rings (SSSR count). The van der Waals surface area contributed by atoms with Gasteiger partial charge in [0.25, 0.3) is 0 Å². The minimum absolute atomic E-state index is 0.0448.